The Bertz CT molecular complexity index is 757. The second-order valence-corrected chi connectivity index (χ2v) is 7.02. The van der Waals surface area contributed by atoms with Gasteiger partial charge in [0.25, 0.3) is 5.24 Å². The third-order valence-electron chi connectivity index (χ3n) is 4.03. The largest absolute Gasteiger partial charge is 1.00 e. The molecule has 132 valence electrons. The minimum atomic E-state index is -0.337. The van der Waals surface area contributed by atoms with Crippen molar-refractivity contribution in [2.24, 2.45) is 0 Å². The molecule has 0 saturated carbocycles. The minimum absolute atomic E-state index is 0. The van der Waals surface area contributed by atoms with E-state index in [-0.39, 0.29) is 47.4 Å². The molecule has 0 radical (unpaired) electrons. The summed E-state index contributed by atoms with van der Waals surface area (Å²) in [6.45, 7) is 2.67. The molecule has 5 nitrogen and oxygen atoms in total. The Morgan fingerprint density at radius 1 is 1.15 bits per heavy atom. The normalized spacial score (nSPS) is 16.1. The van der Waals surface area contributed by atoms with E-state index in [1.807, 2.05) is 36.5 Å². The van der Waals surface area contributed by atoms with E-state index in [4.69, 9.17) is 4.74 Å². The summed E-state index contributed by atoms with van der Waals surface area (Å²) in [4.78, 5) is 27.2. The number of aryl methyl sites for hydroxylation is 1. The number of hydrogen-bond acceptors (Lipinski definition) is 5. The zero-order valence-corrected chi connectivity index (χ0v) is 17.8. The number of thioether (sulfide) groups is 1. The third kappa shape index (κ3) is 5.84. The predicted octanol–water partition coefficient (Wildman–Crippen LogP) is 0.276. The van der Waals surface area contributed by atoms with Crippen molar-refractivity contribution in [3.8, 4) is 5.75 Å². The summed E-state index contributed by atoms with van der Waals surface area (Å²) < 4.78 is 5.75. The van der Waals surface area contributed by atoms with E-state index in [1.165, 1.54) is 5.56 Å². The summed E-state index contributed by atoms with van der Waals surface area (Å²) in [6.07, 6.45) is 4.19. The summed E-state index contributed by atoms with van der Waals surface area (Å²) in [5.74, 6) is 0.574. The van der Waals surface area contributed by atoms with Crippen molar-refractivity contribution >= 4 is 22.9 Å². The van der Waals surface area contributed by atoms with Crippen LogP contribution in [0.15, 0.2) is 42.6 Å². The zero-order valence-electron chi connectivity index (χ0n) is 16.0. The smallest absolute Gasteiger partial charge is 1.00 e. The average molecular weight is 380 g/mol. The van der Waals surface area contributed by atoms with Crippen molar-refractivity contribution in [3.63, 3.8) is 0 Å². The molecular formula is C19H21N2NaO3S. The molecule has 2 heterocycles. The molecule has 7 heteroatoms. The molecule has 1 fully saturated rings. The van der Waals surface area contributed by atoms with E-state index in [0.717, 1.165) is 41.6 Å². The maximum atomic E-state index is 11.6. The number of benzene rings is 1. The van der Waals surface area contributed by atoms with Crippen LogP contribution in [0.25, 0.3) is 0 Å². The van der Waals surface area contributed by atoms with Crippen LogP contribution in [0.1, 0.15) is 25.2 Å². The van der Waals surface area contributed by atoms with Gasteiger partial charge in [-0.3, -0.25) is 19.9 Å². The first-order valence-corrected chi connectivity index (χ1v) is 9.19. The first kappa shape index (κ1) is 21.0. The van der Waals surface area contributed by atoms with Crippen molar-refractivity contribution < 1.29 is 45.3 Å². The molecule has 1 unspecified atom stereocenters. The van der Waals surface area contributed by atoms with Gasteiger partial charge in [0.15, 0.2) is 0 Å². The van der Waals surface area contributed by atoms with E-state index in [9.17, 15) is 9.59 Å². The fourth-order valence-corrected chi connectivity index (χ4v) is 3.41. The van der Waals surface area contributed by atoms with Crippen LogP contribution >= 0.6 is 11.8 Å². The molecule has 1 aromatic heterocycles. The number of carbonyl (C=O) groups is 2. The number of nitrogens with zero attached hydrogens (tertiary/aromatic N) is 1. The topological polar surface area (TPSA) is 68.3 Å². The summed E-state index contributed by atoms with van der Waals surface area (Å²) in [7, 11) is 0. The summed E-state index contributed by atoms with van der Waals surface area (Å²) in [5, 5.41) is 1.70. The molecule has 1 N–H and O–H groups in total. The number of rotatable bonds is 7. The van der Waals surface area contributed by atoms with Crippen LogP contribution < -0.4 is 39.6 Å². The van der Waals surface area contributed by atoms with Gasteiger partial charge in [-0.25, -0.2) is 0 Å². The van der Waals surface area contributed by atoms with Crippen molar-refractivity contribution in [1.29, 1.82) is 0 Å². The minimum Gasteiger partial charge on any atom is -1.00 e. The van der Waals surface area contributed by atoms with Crippen molar-refractivity contribution in [3.05, 3.63) is 59.4 Å². The van der Waals surface area contributed by atoms with Gasteiger partial charge < -0.3 is 6.16 Å². The number of ether oxygens (including phenoxy) is 1. The Morgan fingerprint density at radius 3 is 2.46 bits per heavy atom. The maximum absolute atomic E-state index is 11.6. The number of amides is 2. The van der Waals surface area contributed by atoms with Crippen LogP contribution in [0.5, 0.6) is 5.75 Å². The molecule has 1 atom stereocenters. The average Bonchev–Trinajstić information content (AvgIpc) is 2.94. The molecule has 1 aliphatic heterocycles. The number of carbonyl (C=O) groups excluding carboxylic acids is 2. The van der Waals surface area contributed by atoms with E-state index in [2.05, 4.69) is 23.3 Å². The summed E-state index contributed by atoms with van der Waals surface area (Å²) in [5.41, 5.74) is 3.25. The van der Waals surface area contributed by atoms with Gasteiger partial charge in [-0.05, 0) is 42.2 Å². The van der Waals surface area contributed by atoms with Gasteiger partial charge in [0.2, 0.25) is 5.91 Å². The van der Waals surface area contributed by atoms with Crippen LogP contribution in [0, 0.1) is 0 Å². The molecule has 1 saturated heterocycles. The van der Waals surface area contributed by atoms with Crippen LogP contribution in [0.2, 0.25) is 0 Å². The summed E-state index contributed by atoms with van der Waals surface area (Å²) >= 11 is 1.05. The van der Waals surface area contributed by atoms with Crippen LogP contribution in [-0.4, -0.2) is 28.0 Å². The van der Waals surface area contributed by atoms with Gasteiger partial charge in [-0.1, -0.05) is 36.9 Å². The number of hydrogen-bond donors (Lipinski definition) is 1. The predicted molar refractivity (Wildman–Crippen MR) is 99.0 cm³/mol. The van der Waals surface area contributed by atoms with Gasteiger partial charge >= 0.3 is 29.6 Å². The van der Waals surface area contributed by atoms with Gasteiger partial charge in [-0.15, -0.1) is 0 Å². The van der Waals surface area contributed by atoms with Crippen molar-refractivity contribution in [1.82, 2.24) is 10.3 Å². The Kier molecular flexibility index (Phi) is 8.15. The summed E-state index contributed by atoms with van der Waals surface area (Å²) in [6, 6.07) is 11.8. The monoisotopic (exact) mass is 380 g/mol. The van der Waals surface area contributed by atoms with Crippen LogP contribution in [-0.2, 0) is 24.1 Å². The van der Waals surface area contributed by atoms with Gasteiger partial charge in [-0.2, -0.15) is 0 Å². The van der Waals surface area contributed by atoms with Gasteiger partial charge in [0, 0.05) is 18.3 Å². The number of pyridine rings is 1. The molecule has 1 aliphatic rings. The molecule has 0 spiro atoms. The van der Waals surface area contributed by atoms with E-state index in [1.54, 1.807) is 0 Å². The van der Waals surface area contributed by atoms with Crippen LogP contribution in [0.3, 0.4) is 0 Å². The van der Waals surface area contributed by atoms with Crippen molar-refractivity contribution in [2.75, 3.05) is 6.61 Å². The Labute approximate surface area is 181 Å². The number of imide groups is 1. The zero-order chi connectivity index (χ0) is 17.6. The second kappa shape index (κ2) is 10.1. The fraction of sp³-hybridized carbons (Fsp3) is 0.316. The molecule has 3 rings (SSSR count). The molecule has 1 aromatic carbocycles. The Balaban J connectivity index is 0.00000182. The number of nitrogens with one attached hydrogen (secondary N) is 1. The SMILES string of the molecule is CCc1ccc(CCOc2ccc(CC3SC(=O)NC3=O)cc2)nc1.[H-].[Na+]. The van der Waals surface area contributed by atoms with Crippen LogP contribution in [0.4, 0.5) is 4.79 Å². The Morgan fingerprint density at radius 2 is 1.88 bits per heavy atom. The Hall–Kier alpha value is -1.34. The van der Waals surface area contributed by atoms with E-state index in [0.29, 0.717) is 13.0 Å². The van der Waals surface area contributed by atoms with Gasteiger partial charge in [0.1, 0.15) is 5.75 Å². The molecule has 2 amide bonds. The molecule has 26 heavy (non-hydrogen) atoms. The quantitative estimate of drug-likeness (QED) is 0.699. The molecule has 2 aromatic rings. The first-order valence-electron chi connectivity index (χ1n) is 8.31. The second-order valence-electron chi connectivity index (χ2n) is 5.84. The maximum Gasteiger partial charge on any atom is 1.00 e. The van der Waals surface area contributed by atoms with E-state index >= 15 is 0 Å². The molecule has 0 bridgehead atoms. The fourth-order valence-electron chi connectivity index (χ4n) is 2.55. The van der Waals surface area contributed by atoms with Crippen molar-refractivity contribution in [2.45, 2.75) is 31.4 Å². The van der Waals surface area contributed by atoms with Gasteiger partial charge in [0.05, 0.1) is 11.9 Å². The van der Waals surface area contributed by atoms with E-state index < -0.39 is 0 Å². The molecule has 0 aliphatic carbocycles. The third-order valence-corrected chi connectivity index (χ3v) is 5.01. The number of aromatic nitrogens is 1. The standard InChI is InChI=1S/C19H20N2O3S.Na.H/c1-2-13-3-6-15(20-12-13)9-10-24-16-7-4-14(5-8-16)11-17-18(22)21-19(23)25-17;;/h3-8,12,17H,2,9-11H2,1H3,(H,21,22,23);;/q;+1;-1. The first-order chi connectivity index (χ1) is 12.1. The molecular weight excluding hydrogens is 359 g/mol.